The minimum atomic E-state index is 0.0883. The molecule has 2 N–H and O–H groups in total. The summed E-state index contributed by atoms with van der Waals surface area (Å²) >= 11 is 0. The number of aliphatic hydroxyl groups excluding tert-OH is 1. The number of aromatic nitrogens is 1. The van der Waals surface area contributed by atoms with Crippen molar-refractivity contribution in [1.82, 2.24) is 10.5 Å². The van der Waals surface area contributed by atoms with Crippen LogP contribution in [0.4, 0.5) is 0 Å². The first-order valence-corrected chi connectivity index (χ1v) is 5.59. The van der Waals surface area contributed by atoms with Gasteiger partial charge in [-0.15, -0.1) is 0 Å². The normalized spacial score (nSPS) is 10.7. The Morgan fingerprint density at radius 3 is 2.47 bits per heavy atom. The fourth-order valence-corrected chi connectivity index (χ4v) is 1.59. The van der Waals surface area contributed by atoms with E-state index in [1.807, 2.05) is 37.3 Å². The van der Waals surface area contributed by atoms with Gasteiger partial charge in [0.2, 0.25) is 0 Å². The summed E-state index contributed by atoms with van der Waals surface area (Å²) in [7, 11) is 0. The lowest BCUT2D eigenvalue weighted by atomic mass is 10.1. The van der Waals surface area contributed by atoms with Gasteiger partial charge in [-0.05, 0) is 18.1 Å². The molecule has 4 heteroatoms. The lowest BCUT2D eigenvalue weighted by molar-refractivity contribution is 0.282. The summed E-state index contributed by atoms with van der Waals surface area (Å²) in [6, 6.07) is 9.78. The zero-order valence-corrected chi connectivity index (χ0v) is 9.81. The quantitative estimate of drug-likeness (QED) is 0.824. The summed E-state index contributed by atoms with van der Waals surface area (Å²) < 4.78 is 5.09. The number of hydrogen-bond donors (Lipinski definition) is 2. The highest BCUT2D eigenvalue weighted by Crippen LogP contribution is 2.05. The molecule has 90 valence electrons. The molecule has 2 rings (SSSR count). The minimum Gasteiger partial charge on any atom is -0.392 e. The number of nitrogens with zero attached hydrogens (tertiary/aromatic N) is 1. The summed E-state index contributed by atoms with van der Waals surface area (Å²) in [6.07, 6.45) is 0. The first kappa shape index (κ1) is 11.8. The molecular weight excluding hydrogens is 216 g/mol. The van der Waals surface area contributed by atoms with Gasteiger partial charge in [0.1, 0.15) is 0 Å². The molecule has 0 atom stereocenters. The Labute approximate surface area is 100 Å². The molecule has 2 aromatic rings. The average Bonchev–Trinajstić information content (AvgIpc) is 2.76. The van der Waals surface area contributed by atoms with Gasteiger partial charge < -0.3 is 14.9 Å². The molecule has 1 heterocycles. The van der Waals surface area contributed by atoms with Crippen molar-refractivity contribution in [2.75, 3.05) is 0 Å². The van der Waals surface area contributed by atoms with Crippen molar-refractivity contribution in [1.29, 1.82) is 0 Å². The molecule has 4 nitrogen and oxygen atoms in total. The van der Waals surface area contributed by atoms with Crippen LogP contribution in [0, 0.1) is 6.92 Å². The van der Waals surface area contributed by atoms with Crippen molar-refractivity contribution in [3.05, 3.63) is 52.9 Å². The third-order valence-electron chi connectivity index (χ3n) is 2.51. The van der Waals surface area contributed by atoms with Crippen molar-refractivity contribution in [3.8, 4) is 0 Å². The molecular formula is C13H16N2O2. The predicted octanol–water partition coefficient (Wildman–Crippen LogP) is 1.77. The van der Waals surface area contributed by atoms with Crippen LogP contribution in [0.5, 0.6) is 0 Å². The number of benzene rings is 1. The maximum atomic E-state index is 8.92. The van der Waals surface area contributed by atoms with Crippen LogP contribution >= 0.6 is 0 Å². The van der Waals surface area contributed by atoms with E-state index < -0.39 is 0 Å². The van der Waals surface area contributed by atoms with E-state index in [4.69, 9.17) is 9.63 Å². The molecule has 1 aromatic heterocycles. The molecule has 1 aromatic carbocycles. The van der Waals surface area contributed by atoms with Crippen LogP contribution in [0.1, 0.15) is 22.6 Å². The first-order chi connectivity index (χ1) is 8.28. The van der Waals surface area contributed by atoms with E-state index in [1.54, 1.807) is 0 Å². The number of nitrogens with one attached hydrogen (secondary N) is 1. The van der Waals surface area contributed by atoms with Gasteiger partial charge in [0.15, 0.2) is 5.76 Å². The monoisotopic (exact) mass is 232 g/mol. The smallest absolute Gasteiger partial charge is 0.150 e. The second-order valence-electron chi connectivity index (χ2n) is 4.01. The largest absolute Gasteiger partial charge is 0.392 e. The highest BCUT2D eigenvalue weighted by molar-refractivity contribution is 5.21. The second kappa shape index (κ2) is 5.61. The predicted molar refractivity (Wildman–Crippen MR) is 64.1 cm³/mol. The van der Waals surface area contributed by atoms with Crippen LogP contribution in [0.3, 0.4) is 0 Å². The van der Waals surface area contributed by atoms with Crippen molar-refractivity contribution in [2.24, 2.45) is 0 Å². The third-order valence-corrected chi connectivity index (χ3v) is 2.51. The molecule has 17 heavy (non-hydrogen) atoms. The SMILES string of the molecule is Cc1cc(CNCc2ccc(CO)cc2)on1. The molecule has 0 unspecified atom stereocenters. The fraction of sp³-hybridized carbons (Fsp3) is 0.308. The Balaban J connectivity index is 1.81. The van der Waals surface area contributed by atoms with Gasteiger partial charge in [-0.1, -0.05) is 29.4 Å². The molecule has 0 bridgehead atoms. The standard InChI is InChI=1S/C13H16N2O2/c1-10-6-13(17-15-10)8-14-7-11-2-4-12(9-16)5-3-11/h2-6,14,16H,7-9H2,1H3. The summed E-state index contributed by atoms with van der Waals surface area (Å²) in [5, 5.41) is 16.0. The van der Waals surface area contributed by atoms with E-state index in [1.165, 1.54) is 5.56 Å². The summed E-state index contributed by atoms with van der Waals surface area (Å²) in [5.74, 6) is 0.842. The molecule has 0 aliphatic carbocycles. The van der Waals surface area contributed by atoms with E-state index in [0.717, 1.165) is 23.6 Å². The third kappa shape index (κ3) is 3.41. The highest BCUT2D eigenvalue weighted by Gasteiger charge is 2.00. The maximum Gasteiger partial charge on any atom is 0.150 e. The summed E-state index contributed by atoms with van der Waals surface area (Å²) in [6.45, 7) is 3.43. The molecule has 0 saturated carbocycles. The van der Waals surface area contributed by atoms with E-state index in [9.17, 15) is 0 Å². The average molecular weight is 232 g/mol. The lowest BCUT2D eigenvalue weighted by Crippen LogP contribution is -2.12. The summed E-state index contributed by atoms with van der Waals surface area (Å²) in [4.78, 5) is 0. The minimum absolute atomic E-state index is 0.0883. The van der Waals surface area contributed by atoms with Crippen molar-refractivity contribution in [3.63, 3.8) is 0 Å². The molecule has 0 amide bonds. The van der Waals surface area contributed by atoms with Crippen LogP contribution in [0.2, 0.25) is 0 Å². The van der Waals surface area contributed by atoms with Crippen molar-refractivity contribution >= 4 is 0 Å². The Kier molecular flexibility index (Phi) is 3.90. The van der Waals surface area contributed by atoms with Crippen LogP contribution in [0.15, 0.2) is 34.9 Å². The van der Waals surface area contributed by atoms with Gasteiger partial charge in [0.05, 0.1) is 18.8 Å². The van der Waals surface area contributed by atoms with Crippen LogP contribution < -0.4 is 5.32 Å². The Morgan fingerprint density at radius 1 is 1.18 bits per heavy atom. The van der Waals surface area contributed by atoms with Crippen LogP contribution in [-0.2, 0) is 19.7 Å². The van der Waals surface area contributed by atoms with E-state index in [-0.39, 0.29) is 6.61 Å². The zero-order chi connectivity index (χ0) is 12.1. The Bertz CT molecular complexity index is 463. The molecule has 0 aliphatic rings. The summed E-state index contributed by atoms with van der Waals surface area (Å²) in [5.41, 5.74) is 3.01. The van der Waals surface area contributed by atoms with Gasteiger partial charge in [-0.3, -0.25) is 0 Å². The van der Waals surface area contributed by atoms with Crippen LogP contribution in [0.25, 0.3) is 0 Å². The van der Waals surface area contributed by atoms with E-state index in [2.05, 4.69) is 10.5 Å². The number of aryl methyl sites for hydroxylation is 1. The lowest BCUT2D eigenvalue weighted by Gasteiger charge is -2.03. The number of rotatable bonds is 5. The Hall–Kier alpha value is -1.65. The van der Waals surface area contributed by atoms with Gasteiger partial charge in [-0.25, -0.2) is 0 Å². The van der Waals surface area contributed by atoms with Gasteiger partial charge in [0.25, 0.3) is 0 Å². The second-order valence-corrected chi connectivity index (χ2v) is 4.01. The van der Waals surface area contributed by atoms with Crippen LogP contribution in [-0.4, -0.2) is 10.3 Å². The van der Waals surface area contributed by atoms with Crippen molar-refractivity contribution < 1.29 is 9.63 Å². The van der Waals surface area contributed by atoms with Gasteiger partial charge in [0, 0.05) is 12.6 Å². The van der Waals surface area contributed by atoms with Gasteiger partial charge >= 0.3 is 0 Å². The van der Waals surface area contributed by atoms with Crippen molar-refractivity contribution in [2.45, 2.75) is 26.6 Å². The molecule has 0 radical (unpaired) electrons. The zero-order valence-electron chi connectivity index (χ0n) is 9.81. The van der Waals surface area contributed by atoms with E-state index in [0.29, 0.717) is 6.54 Å². The maximum absolute atomic E-state index is 8.92. The molecule has 0 aliphatic heterocycles. The topological polar surface area (TPSA) is 58.3 Å². The fourth-order valence-electron chi connectivity index (χ4n) is 1.59. The highest BCUT2D eigenvalue weighted by atomic mass is 16.5. The number of hydrogen-bond acceptors (Lipinski definition) is 4. The number of aliphatic hydroxyl groups is 1. The van der Waals surface area contributed by atoms with Gasteiger partial charge in [-0.2, -0.15) is 0 Å². The molecule has 0 fully saturated rings. The molecule has 0 saturated heterocycles. The van der Waals surface area contributed by atoms with E-state index >= 15 is 0 Å². The first-order valence-electron chi connectivity index (χ1n) is 5.59. The Morgan fingerprint density at radius 2 is 1.88 bits per heavy atom. The molecule has 0 spiro atoms.